The van der Waals surface area contributed by atoms with E-state index in [0.29, 0.717) is 17.9 Å². The van der Waals surface area contributed by atoms with Gasteiger partial charge in [0.1, 0.15) is 10.9 Å². The number of aryl methyl sites for hydroxylation is 1. The van der Waals surface area contributed by atoms with Crippen LogP contribution in [0.2, 0.25) is 0 Å². The molecule has 0 atom stereocenters. The summed E-state index contributed by atoms with van der Waals surface area (Å²) in [5, 5.41) is 15.3. The molecule has 35 heavy (non-hydrogen) atoms. The van der Waals surface area contributed by atoms with Crippen LogP contribution in [0.25, 0.3) is 31.6 Å². The summed E-state index contributed by atoms with van der Waals surface area (Å²) >= 11 is 1.55. The predicted molar refractivity (Wildman–Crippen MR) is 146 cm³/mol. The molecular weight excluding hydrogens is 478 g/mol. The van der Waals surface area contributed by atoms with Crippen molar-refractivity contribution in [3.05, 3.63) is 72.1 Å². The second kappa shape index (κ2) is 8.29. The SMILES string of the molecule is Cc1c(Nc2c(C#N)cnc3sc(-c4cccc(N5CCCS5(O)O)c4)cc23)ccc2[nH]ccc12. The average Bonchev–Trinajstić information content (AvgIpc) is 3.59. The van der Waals surface area contributed by atoms with E-state index in [0.717, 1.165) is 60.6 Å². The van der Waals surface area contributed by atoms with Crippen LogP contribution in [0.1, 0.15) is 17.5 Å². The molecule has 0 aliphatic carbocycles. The van der Waals surface area contributed by atoms with Gasteiger partial charge in [-0.15, -0.1) is 22.1 Å². The number of nitriles is 1. The van der Waals surface area contributed by atoms with Gasteiger partial charge in [-0.3, -0.25) is 13.4 Å². The number of fused-ring (bicyclic) bond motifs is 2. The van der Waals surface area contributed by atoms with Crippen molar-refractivity contribution in [2.75, 3.05) is 21.9 Å². The van der Waals surface area contributed by atoms with Crippen LogP contribution in [0.4, 0.5) is 17.1 Å². The summed E-state index contributed by atoms with van der Waals surface area (Å²) in [6.45, 7) is 2.69. The summed E-state index contributed by atoms with van der Waals surface area (Å²) < 4.78 is 22.5. The van der Waals surface area contributed by atoms with Crippen molar-refractivity contribution in [3.63, 3.8) is 0 Å². The number of aromatic amines is 1. The molecule has 4 heterocycles. The molecule has 1 aliphatic heterocycles. The number of aromatic nitrogens is 2. The lowest BCUT2D eigenvalue weighted by molar-refractivity contribution is 0.491. The highest BCUT2D eigenvalue weighted by Gasteiger charge is 2.29. The molecule has 5 aromatic rings. The maximum absolute atomic E-state index is 10.4. The molecule has 0 saturated carbocycles. The molecule has 4 N–H and O–H groups in total. The minimum absolute atomic E-state index is 0.407. The third kappa shape index (κ3) is 3.72. The van der Waals surface area contributed by atoms with E-state index in [1.165, 1.54) is 0 Å². The van der Waals surface area contributed by atoms with E-state index in [4.69, 9.17) is 0 Å². The maximum atomic E-state index is 10.4. The topological polar surface area (TPSA) is 108 Å². The number of benzene rings is 2. The van der Waals surface area contributed by atoms with E-state index in [9.17, 15) is 14.4 Å². The van der Waals surface area contributed by atoms with Gasteiger partial charge in [-0.05, 0) is 60.9 Å². The number of hydrogen-bond acceptors (Lipinski definition) is 7. The van der Waals surface area contributed by atoms with Crippen LogP contribution in [-0.4, -0.2) is 31.4 Å². The second-order valence-corrected chi connectivity index (χ2v) is 11.8. The summed E-state index contributed by atoms with van der Waals surface area (Å²) in [6.07, 6.45) is 4.30. The minimum Gasteiger partial charge on any atom is -0.361 e. The molecule has 2 aromatic carbocycles. The number of nitrogens with one attached hydrogen (secondary N) is 2. The first-order valence-electron chi connectivity index (χ1n) is 11.2. The Balaban J connectivity index is 1.43. The van der Waals surface area contributed by atoms with Crippen molar-refractivity contribution in [2.24, 2.45) is 0 Å². The summed E-state index contributed by atoms with van der Waals surface area (Å²) in [5.74, 6) is 0.407. The van der Waals surface area contributed by atoms with Gasteiger partial charge in [0.2, 0.25) is 0 Å². The first-order chi connectivity index (χ1) is 16.9. The van der Waals surface area contributed by atoms with Crippen LogP contribution in [0.15, 0.2) is 60.9 Å². The number of thiophene rings is 1. The number of rotatable bonds is 4. The summed E-state index contributed by atoms with van der Waals surface area (Å²) in [5.41, 5.74) is 6.11. The smallest absolute Gasteiger partial charge is 0.126 e. The largest absolute Gasteiger partial charge is 0.361 e. The normalized spacial score (nSPS) is 16.0. The van der Waals surface area contributed by atoms with Crippen molar-refractivity contribution in [1.82, 2.24) is 9.97 Å². The molecule has 176 valence electrons. The monoisotopic (exact) mass is 501 g/mol. The van der Waals surface area contributed by atoms with Crippen molar-refractivity contribution in [1.29, 1.82) is 5.26 Å². The van der Waals surface area contributed by atoms with Gasteiger partial charge in [-0.25, -0.2) is 4.98 Å². The van der Waals surface area contributed by atoms with Crippen molar-refractivity contribution in [3.8, 4) is 16.5 Å². The van der Waals surface area contributed by atoms with Crippen molar-refractivity contribution in [2.45, 2.75) is 13.3 Å². The zero-order valence-electron chi connectivity index (χ0n) is 18.9. The molecule has 0 bridgehead atoms. The maximum Gasteiger partial charge on any atom is 0.126 e. The molecule has 9 heteroatoms. The zero-order valence-corrected chi connectivity index (χ0v) is 20.6. The fourth-order valence-electron chi connectivity index (χ4n) is 4.68. The highest BCUT2D eigenvalue weighted by Crippen LogP contribution is 2.51. The molecule has 1 aliphatic rings. The Bertz CT molecular complexity index is 1630. The quantitative estimate of drug-likeness (QED) is 0.207. The van der Waals surface area contributed by atoms with Crippen LogP contribution < -0.4 is 9.62 Å². The molecule has 1 fully saturated rings. The number of hydrogen-bond donors (Lipinski definition) is 4. The van der Waals surface area contributed by atoms with Crippen LogP contribution in [0.3, 0.4) is 0 Å². The van der Waals surface area contributed by atoms with Gasteiger partial charge >= 0.3 is 0 Å². The summed E-state index contributed by atoms with van der Waals surface area (Å²) in [6, 6.07) is 18.3. The Kier molecular flexibility index (Phi) is 5.20. The Morgan fingerprint density at radius 2 is 2.06 bits per heavy atom. The number of H-pyrrole nitrogens is 1. The molecule has 1 saturated heterocycles. The average molecular weight is 502 g/mol. The van der Waals surface area contributed by atoms with Crippen LogP contribution >= 0.6 is 22.1 Å². The minimum atomic E-state index is -2.75. The number of pyridine rings is 1. The van der Waals surface area contributed by atoms with Crippen LogP contribution in [0.5, 0.6) is 0 Å². The molecule has 7 nitrogen and oxygen atoms in total. The van der Waals surface area contributed by atoms with Gasteiger partial charge in [0, 0.05) is 45.8 Å². The highest BCUT2D eigenvalue weighted by molar-refractivity contribution is 8.25. The third-order valence-electron chi connectivity index (χ3n) is 6.50. The lowest BCUT2D eigenvalue weighted by Crippen LogP contribution is -2.21. The van der Waals surface area contributed by atoms with Crippen LogP contribution in [-0.2, 0) is 0 Å². The standard InChI is InChI=1S/C26H23N5O2S2/c1-16-20-8-9-28-23(20)7-6-22(16)30-25-18(14-27)15-29-26-21(25)13-24(34-26)17-4-2-5-19(12-17)31-10-3-11-35(31,32)33/h2,4-9,12-13,15,28,32-33H,3,10-11H2,1H3,(H,29,30). The van der Waals surface area contributed by atoms with Gasteiger partial charge in [0.15, 0.2) is 0 Å². The van der Waals surface area contributed by atoms with Crippen molar-refractivity contribution < 1.29 is 9.11 Å². The first kappa shape index (κ1) is 21.9. The van der Waals surface area contributed by atoms with Gasteiger partial charge in [0.05, 0.1) is 22.7 Å². The van der Waals surface area contributed by atoms with E-state index < -0.39 is 10.8 Å². The van der Waals surface area contributed by atoms with E-state index in [2.05, 4.69) is 40.4 Å². The second-order valence-electron chi connectivity index (χ2n) is 8.63. The predicted octanol–water partition coefficient (Wildman–Crippen LogP) is 7.24. The van der Waals surface area contributed by atoms with Gasteiger partial charge in [0.25, 0.3) is 0 Å². The van der Waals surface area contributed by atoms with Gasteiger partial charge in [-0.1, -0.05) is 12.1 Å². The first-order valence-corrected chi connectivity index (χ1v) is 13.7. The summed E-state index contributed by atoms with van der Waals surface area (Å²) in [4.78, 5) is 9.62. The van der Waals surface area contributed by atoms with E-state index in [-0.39, 0.29) is 0 Å². The molecular formula is C26H23N5O2S2. The lowest BCUT2D eigenvalue weighted by atomic mass is 10.1. The number of anilines is 3. The molecule has 3 aromatic heterocycles. The Labute approximate surface area is 208 Å². The van der Waals surface area contributed by atoms with E-state index in [1.807, 2.05) is 42.6 Å². The molecule has 6 rings (SSSR count). The highest BCUT2D eigenvalue weighted by atomic mass is 32.3. The fourth-order valence-corrected chi connectivity index (χ4v) is 7.29. The van der Waals surface area contributed by atoms with Gasteiger partial charge < -0.3 is 10.3 Å². The van der Waals surface area contributed by atoms with Crippen molar-refractivity contribution >= 4 is 60.3 Å². The van der Waals surface area contributed by atoms with E-state index in [1.54, 1.807) is 21.8 Å². The van der Waals surface area contributed by atoms with Crippen LogP contribution in [0, 0.1) is 18.3 Å². The fraction of sp³-hybridized carbons (Fsp3) is 0.154. The molecule has 0 radical (unpaired) electrons. The van der Waals surface area contributed by atoms with E-state index >= 15 is 0 Å². The van der Waals surface area contributed by atoms with Gasteiger partial charge in [-0.2, -0.15) is 5.26 Å². The number of nitrogens with zero attached hydrogens (tertiary/aromatic N) is 3. The molecule has 0 unspecified atom stereocenters. The summed E-state index contributed by atoms with van der Waals surface area (Å²) in [7, 11) is -2.75. The zero-order chi connectivity index (χ0) is 24.2. The Hall–Kier alpha value is -3.55. The molecule has 0 spiro atoms. The Morgan fingerprint density at radius 3 is 2.86 bits per heavy atom. The third-order valence-corrected chi connectivity index (χ3v) is 9.52. The Morgan fingerprint density at radius 1 is 1.17 bits per heavy atom. The lowest BCUT2D eigenvalue weighted by Gasteiger charge is -2.38. The molecule has 0 amide bonds.